The van der Waals surface area contributed by atoms with Crippen molar-refractivity contribution in [2.45, 2.75) is 4.90 Å². The standard InChI is InChI=1S/C19H18FN3O3S/c1-22(2)19(26)12-3-8-16-15(9-12)23(18(25)11-27-16)10-17(24)21-14-6-4-13(20)5-7-14/h3-9H,10-11H2,1-2H3,(H,21,24). The highest BCUT2D eigenvalue weighted by Gasteiger charge is 2.27. The van der Waals surface area contributed by atoms with Crippen LogP contribution in [0.3, 0.4) is 0 Å². The molecular formula is C19H18FN3O3S. The van der Waals surface area contributed by atoms with Crippen molar-refractivity contribution >= 4 is 40.9 Å². The maximum Gasteiger partial charge on any atom is 0.253 e. The van der Waals surface area contributed by atoms with Gasteiger partial charge in [-0.05, 0) is 42.5 Å². The Kier molecular flexibility index (Phi) is 5.46. The minimum absolute atomic E-state index is 0.184. The first-order chi connectivity index (χ1) is 12.8. The third kappa shape index (κ3) is 4.28. The summed E-state index contributed by atoms with van der Waals surface area (Å²) in [6.07, 6.45) is 0. The molecule has 0 spiro atoms. The van der Waals surface area contributed by atoms with Crippen LogP contribution in [0.4, 0.5) is 15.8 Å². The van der Waals surface area contributed by atoms with Crippen molar-refractivity contribution in [3.05, 3.63) is 53.8 Å². The van der Waals surface area contributed by atoms with E-state index in [1.54, 1.807) is 32.3 Å². The van der Waals surface area contributed by atoms with Crippen LogP contribution in [0.1, 0.15) is 10.4 Å². The third-order valence-corrected chi connectivity index (χ3v) is 5.03. The van der Waals surface area contributed by atoms with E-state index in [2.05, 4.69) is 5.32 Å². The van der Waals surface area contributed by atoms with Crippen LogP contribution in [0.25, 0.3) is 0 Å². The van der Waals surface area contributed by atoms with Crippen LogP contribution in [0.5, 0.6) is 0 Å². The molecule has 6 nitrogen and oxygen atoms in total. The van der Waals surface area contributed by atoms with E-state index in [1.807, 2.05) is 0 Å². The molecule has 1 N–H and O–H groups in total. The number of nitrogens with zero attached hydrogens (tertiary/aromatic N) is 2. The summed E-state index contributed by atoms with van der Waals surface area (Å²) in [5.41, 5.74) is 1.42. The van der Waals surface area contributed by atoms with Gasteiger partial charge in [-0.2, -0.15) is 0 Å². The van der Waals surface area contributed by atoms with E-state index in [0.29, 0.717) is 16.9 Å². The molecule has 1 aliphatic heterocycles. The normalized spacial score (nSPS) is 13.1. The summed E-state index contributed by atoms with van der Waals surface area (Å²) in [6, 6.07) is 10.5. The fourth-order valence-electron chi connectivity index (χ4n) is 2.64. The lowest BCUT2D eigenvalue weighted by Gasteiger charge is -2.29. The van der Waals surface area contributed by atoms with E-state index in [1.165, 1.54) is 45.8 Å². The van der Waals surface area contributed by atoms with E-state index < -0.39 is 11.7 Å². The van der Waals surface area contributed by atoms with Crippen molar-refractivity contribution in [3.63, 3.8) is 0 Å². The van der Waals surface area contributed by atoms with Gasteiger partial charge in [0.2, 0.25) is 11.8 Å². The Hall–Kier alpha value is -2.87. The zero-order chi connectivity index (χ0) is 19.6. The summed E-state index contributed by atoms with van der Waals surface area (Å²) in [5.74, 6) is -0.981. The second-order valence-corrected chi connectivity index (χ2v) is 7.22. The molecule has 140 valence electrons. The van der Waals surface area contributed by atoms with Crippen molar-refractivity contribution in [2.75, 3.05) is 36.6 Å². The number of carbonyl (C=O) groups excluding carboxylic acids is 3. The van der Waals surface area contributed by atoms with Gasteiger partial charge < -0.3 is 15.1 Å². The van der Waals surface area contributed by atoms with Crippen LogP contribution in [-0.4, -0.2) is 49.0 Å². The first-order valence-corrected chi connectivity index (χ1v) is 9.18. The molecule has 1 aliphatic rings. The van der Waals surface area contributed by atoms with Crippen molar-refractivity contribution in [1.29, 1.82) is 0 Å². The molecule has 8 heteroatoms. The molecular weight excluding hydrogens is 369 g/mol. The SMILES string of the molecule is CN(C)C(=O)c1ccc2c(c1)N(CC(=O)Nc1ccc(F)cc1)C(=O)CS2. The smallest absolute Gasteiger partial charge is 0.253 e. The molecule has 1 heterocycles. The first kappa shape index (κ1) is 18.9. The molecule has 0 atom stereocenters. The zero-order valence-corrected chi connectivity index (χ0v) is 15.7. The molecule has 0 fully saturated rings. The highest BCUT2D eigenvalue weighted by molar-refractivity contribution is 8.00. The number of thioether (sulfide) groups is 1. The minimum Gasteiger partial charge on any atom is -0.345 e. The Morgan fingerprint density at radius 2 is 1.89 bits per heavy atom. The molecule has 0 radical (unpaired) electrons. The van der Waals surface area contributed by atoms with Gasteiger partial charge in [-0.25, -0.2) is 4.39 Å². The quantitative estimate of drug-likeness (QED) is 0.876. The lowest BCUT2D eigenvalue weighted by molar-refractivity contribution is -0.120. The predicted molar refractivity (Wildman–Crippen MR) is 103 cm³/mol. The van der Waals surface area contributed by atoms with Crippen molar-refractivity contribution in [3.8, 4) is 0 Å². The number of rotatable bonds is 4. The topological polar surface area (TPSA) is 69.7 Å². The Balaban J connectivity index is 1.82. The van der Waals surface area contributed by atoms with Gasteiger partial charge in [-0.15, -0.1) is 11.8 Å². The number of amides is 3. The van der Waals surface area contributed by atoms with E-state index in [9.17, 15) is 18.8 Å². The van der Waals surface area contributed by atoms with Gasteiger partial charge >= 0.3 is 0 Å². The largest absolute Gasteiger partial charge is 0.345 e. The predicted octanol–water partition coefficient (Wildman–Crippen LogP) is 2.60. The fourth-order valence-corrected chi connectivity index (χ4v) is 3.56. The first-order valence-electron chi connectivity index (χ1n) is 8.19. The molecule has 3 rings (SSSR count). The van der Waals surface area contributed by atoms with E-state index >= 15 is 0 Å². The maximum atomic E-state index is 13.0. The van der Waals surface area contributed by atoms with Gasteiger partial charge in [0.15, 0.2) is 0 Å². The Morgan fingerprint density at radius 1 is 1.19 bits per heavy atom. The number of benzene rings is 2. The summed E-state index contributed by atoms with van der Waals surface area (Å²) < 4.78 is 13.0. The maximum absolute atomic E-state index is 13.0. The van der Waals surface area contributed by atoms with Crippen molar-refractivity contribution < 1.29 is 18.8 Å². The molecule has 0 aliphatic carbocycles. The van der Waals surface area contributed by atoms with Crippen LogP contribution < -0.4 is 10.2 Å². The second kappa shape index (κ2) is 7.79. The number of carbonyl (C=O) groups is 3. The van der Waals surface area contributed by atoms with Gasteiger partial charge in [0.05, 0.1) is 11.4 Å². The van der Waals surface area contributed by atoms with Gasteiger partial charge in [0, 0.05) is 30.2 Å². The number of anilines is 2. The highest BCUT2D eigenvalue weighted by atomic mass is 32.2. The van der Waals surface area contributed by atoms with Gasteiger partial charge in [0.1, 0.15) is 12.4 Å². The molecule has 0 aromatic heterocycles. The number of halogens is 1. The number of hydrogen-bond donors (Lipinski definition) is 1. The third-order valence-electron chi connectivity index (χ3n) is 3.98. The molecule has 0 saturated carbocycles. The molecule has 0 unspecified atom stereocenters. The summed E-state index contributed by atoms with van der Waals surface area (Å²) in [5, 5.41) is 2.64. The monoisotopic (exact) mass is 387 g/mol. The van der Waals surface area contributed by atoms with Crippen LogP contribution >= 0.6 is 11.8 Å². The van der Waals surface area contributed by atoms with Crippen molar-refractivity contribution in [1.82, 2.24) is 4.90 Å². The fraction of sp³-hybridized carbons (Fsp3) is 0.211. The molecule has 0 saturated heterocycles. The molecule has 0 bridgehead atoms. The molecule has 27 heavy (non-hydrogen) atoms. The van der Waals surface area contributed by atoms with Crippen LogP contribution in [-0.2, 0) is 9.59 Å². The Morgan fingerprint density at radius 3 is 2.56 bits per heavy atom. The van der Waals surface area contributed by atoms with E-state index in [4.69, 9.17) is 0 Å². The lowest BCUT2D eigenvalue weighted by Crippen LogP contribution is -2.41. The molecule has 3 amide bonds. The summed E-state index contributed by atoms with van der Waals surface area (Å²) in [6.45, 7) is -0.191. The minimum atomic E-state index is -0.405. The summed E-state index contributed by atoms with van der Waals surface area (Å²) >= 11 is 1.37. The Bertz CT molecular complexity index is 900. The van der Waals surface area contributed by atoms with Gasteiger partial charge in [0.25, 0.3) is 5.91 Å². The number of hydrogen-bond acceptors (Lipinski definition) is 4. The average Bonchev–Trinajstić information content (AvgIpc) is 2.65. The van der Waals surface area contributed by atoms with Gasteiger partial charge in [-0.1, -0.05) is 0 Å². The van der Waals surface area contributed by atoms with E-state index in [-0.39, 0.29) is 24.1 Å². The average molecular weight is 387 g/mol. The van der Waals surface area contributed by atoms with Crippen LogP contribution in [0.15, 0.2) is 47.4 Å². The number of fused-ring (bicyclic) bond motifs is 1. The number of nitrogens with one attached hydrogen (secondary N) is 1. The molecule has 2 aromatic carbocycles. The highest BCUT2D eigenvalue weighted by Crippen LogP contribution is 2.36. The van der Waals surface area contributed by atoms with E-state index in [0.717, 1.165) is 4.90 Å². The Labute approximate surface area is 160 Å². The van der Waals surface area contributed by atoms with Crippen LogP contribution in [0.2, 0.25) is 0 Å². The van der Waals surface area contributed by atoms with Gasteiger partial charge in [-0.3, -0.25) is 14.4 Å². The second-order valence-electron chi connectivity index (χ2n) is 6.21. The summed E-state index contributed by atoms with van der Waals surface area (Å²) in [7, 11) is 3.30. The lowest BCUT2D eigenvalue weighted by atomic mass is 10.1. The van der Waals surface area contributed by atoms with Crippen LogP contribution in [0, 0.1) is 5.82 Å². The zero-order valence-electron chi connectivity index (χ0n) is 14.9. The molecule has 2 aromatic rings. The van der Waals surface area contributed by atoms with Crippen molar-refractivity contribution in [2.24, 2.45) is 0 Å². The summed E-state index contributed by atoms with van der Waals surface area (Å²) in [4.78, 5) is 40.6.